The number of alkyl halides is 2. The Bertz CT molecular complexity index is 511. The van der Waals surface area contributed by atoms with Crippen molar-refractivity contribution in [2.24, 2.45) is 0 Å². The smallest absolute Gasteiger partial charge is 0.387 e. The van der Waals surface area contributed by atoms with Gasteiger partial charge in [0.25, 0.3) is 0 Å². The largest absolute Gasteiger partial charge is 0.493 e. The number of ether oxygens (including phenoxy) is 3. The molecule has 0 radical (unpaired) electrons. The van der Waals surface area contributed by atoms with Gasteiger partial charge in [0.1, 0.15) is 6.07 Å². The lowest BCUT2D eigenvalue weighted by Gasteiger charge is -2.14. The molecule has 0 unspecified atom stereocenters. The molecule has 0 amide bonds. The van der Waals surface area contributed by atoms with E-state index in [2.05, 4.69) is 9.47 Å². The van der Waals surface area contributed by atoms with Crippen LogP contribution in [0.2, 0.25) is 0 Å². The summed E-state index contributed by atoms with van der Waals surface area (Å²) in [7, 11) is 2.44. The summed E-state index contributed by atoms with van der Waals surface area (Å²) in [6.45, 7) is -3.10. The maximum atomic E-state index is 12.3. The van der Waals surface area contributed by atoms with Gasteiger partial charge in [0.05, 0.1) is 26.2 Å². The van der Waals surface area contributed by atoms with E-state index in [1.54, 1.807) is 6.07 Å². The van der Waals surface area contributed by atoms with Gasteiger partial charge in [0, 0.05) is 5.56 Å². The first-order valence-corrected chi connectivity index (χ1v) is 5.15. The average Bonchev–Trinajstić information content (AvgIpc) is 2.38. The van der Waals surface area contributed by atoms with E-state index in [1.807, 2.05) is 0 Å². The number of nitrogens with zero attached hydrogens (tertiary/aromatic N) is 1. The van der Waals surface area contributed by atoms with Crippen LogP contribution in [-0.2, 0) is 16.0 Å². The minimum absolute atomic E-state index is 0.0789. The minimum atomic E-state index is -3.10. The highest BCUT2D eigenvalue weighted by molar-refractivity contribution is 5.74. The first kappa shape index (κ1) is 14.7. The number of rotatable bonds is 5. The Balaban J connectivity index is 3.28. The van der Waals surface area contributed by atoms with Crippen LogP contribution in [0.15, 0.2) is 12.1 Å². The highest BCUT2D eigenvalue weighted by Gasteiger charge is 2.20. The number of halogens is 2. The lowest BCUT2D eigenvalue weighted by Crippen LogP contribution is -2.10. The lowest BCUT2D eigenvalue weighted by molar-refractivity contribution is -0.139. The van der Waals surface area contributed by atoms with Gasteiger partial charge < -0.3 is 14.2 Å². The molecule has 1 rings (SSSR count). The van der Waals surface area contributed by atoms with Gasteiger partial charge in [-0.25, -0.2) is 0 Å². The van der Waals surface area contributed by atoms with E-state index in [0.717, 1.165) is 0 Å². The Morgan fingerprint density at radius 2 is 2.05 bits per heavy atom. The molecule has 0 N–H and O–H groups in total. The van der Waals surface area contributed by atoms with E-state index in [9.17, 15) is 13.6 Å². The van der Waals surface area contributed by atoms with Crippen molar-refractivity contribution >= 4 is 5.97 Å². The van der Waals surface area contributed by atoms with Crippen molar-refractivity contribution in [3.05, 3.63) is 23.3 Å². The van der Waals surface area contributed by atoms with Crippen molar-refractivity contribution < 1.29 is 27.8 Å². The standard InChI is InChI=1S/C12H11F2NO4/c1-17-9(16)5-7-3-4-8(6-15)11(10(7)18-2)19-12(13)14/h3-4,12H,5H2,1-2H3. The van der Waals surface area contributed by atoms with Gasteiger partial charge in [-0.05, 0) is 6.07 Å². The topological polar surface area (TPSA) is 68.6 Å². The summed E-state index contributed by atoms with van der Waals surface area (Å²) in [5.74, 6) is -1.03. The molecule has 0 aliphatic rings. The lowest BCUT2D eigenvalue weighted by atomic mass is 10.1. The fourth-order valence-corrected chi connectivity index (χ4v) is 1.49. The molecular formula is C12H11F2NO4. The first-order chi connectivity index (χ1) is 9.03. The number of methoxy groups -OCH3 is 2. The van der Waals surface area contributed by atoms with Crippen LogP contribution in [0, 0.1) is 11.3 Å². The van der Waals surface area contributed by atoms with Crippen LogP contribution in [0.5, 0.6) is 11.5 Å². The molecule has 1 aromatic carbocycles. The summed E-state index contributed by atoms with van der Waals surface area (Å²) in [5.41, 5.74) is 0.190. The van der Waals surface area contributed by atoms with Crippen molar-refractivity contribution in [1.29, 1.82) is 5.26 Å². The van der Waals surface area contributed by atoms with Gasteiger partial charge >= 0.3 is 12.6 Å². The second-order valence-electron chi connectivity index (χ2n) is 3.38. The highest BCUT2D eigenvalue weighted by atomic mass is 19.3. The Hall–Kier alpha value is -2.36. The second-order valence-corrected chi connectivity index (χ2v) is 3.38. The van der Waals surface area contributed by atoms with Gasteiger partial charge in [-0.15, -0.1) is 0 Å². The predicted molar refractivity (Wildman–Crippen MR) is 60.1 cm³/mol. The quantitative estimate of drug-likeness (QED) is 0.765. The molecule has 1 aromatic rings. The Morgan fingerprint density at radius 3 is 2.53 bits per heavy atom. The Labute approximate surface area is 108 Å². The van der Waals surface area contributed by atoms with Gasteiger partial charge in [0.15, 0.2) is 11.5 Å². The molecule has 0 spiro atoms. The third-order valence-corrected chi connectivity index (χ3v) is 2.29. The van der Waals surface area contributed by atoms with Crippen LogP contribution in [0.3, 0.4) is 0 Å². The van der Waals surface area contributed by atoms with Crippen molar-refractivity contribution in [3.63, 3.8) is 0 Å². The van der Waals surface area contributed by atoms with Gasteiger partial charge in [0.2, 0.25) is 0 Å². The zero-order valence-corrected chi connectivity index (χ0v) is 10.3. The molecule has 102 valence electrons. The first-order valence-electron chi connectivity index (χ1n) is 5.15. The zero-order valence-electron chi connectivity index (χ0n) is 10.3. The summed E-state index contributed by atoms with van der Waals surface area (Å²) < 4.78 is 38.4. The molecule has 0 heterocycles. The summed E-state index contributed by atoms with van der Waals surface area (Å²) in [5, 5.41) is 8.85. The van der Waals surface area contributed by atoms with Gasteiger partial charge in [-0.2, -0.15) is 14.0 Å². The van der Waals surface area contributed by atoms with Crippen LogP contribution in [0.1, 0.15) is 11.1 Å². The number of benzene rings is 1. The van der Waals surface area contributed by atoms with E-state index in [-0.39, 0.29) is 23.5 Å². The third kappa shape index (κ3) is 3.55. The molecule has 0 aliphatic carbocycles. The fraction of sp³-hybridized carbons (Fsp3) is 0.333. The third-order valence-electron chi connectivity index (χ3n) is 2.29. The summed E-state index contributed by atoms with van der Waals surface area (Å²) in [4.78, 5) is 11.2. The highest BCUT2D eigenvalue weighted by Crippen LogP contribution is 2.36. The molecule has 0 aromatic heterocycles. The molecule has 7 heteroatoms. The molecule has 0 fully saturated rings. The fourth-order valence-electron chi connectivity index (χ4n) is 1.49. The van der Waals surface area contributed by atoms with E-state index in [1.165, 1.54) is 26.4 Å². The van der Waals surface area contributed by atoms with E-state index < -0.39 is 12.6 Å². The van der Waals surface area contributed by atoms with Crippen LogP contribution >= 0.6 is 0 Å². The van der Waals surface area contributed by atoms with E-state index in [0.29, 0.717) is 5.56 Å². The Morgan fingerprint density at radius 1 is 1.37 bits per heavy atom. The molecule has 5 nitrogen and oxygen atoms in total. The normalized spacial score (nSPS) is 9.89. The summed E-state index contributed by atoms with van der Waals surface area (Å²) >= 11 is 0. The van der Waals surface area contributed by atoms with Crippen LogP contribution in [-0.4, -0.2) is 26.8 Å². The minimum Gasteiger partial charge on any atom is -0.493 e. The summed E-state index contributed by atoms with van der Waals surface area (Å²) in [6, 6.07) is 4.42. The van der Waals surface area contributed by atoms with Crippen molar-refractivity contribution in [3.8, 4) is 17.6 Å². The van der Waals surface area contributed by atoms with Crippen molar-refractivity contribution in [2.75, 3.05) is 14.2 Å². The molecule has 0 saturated carbocycles. The molecule has 0 saturated heterocycles. The number of nitriles is 1. The SMILES string of the molecule is COC(=O)Cc1ccc(C#N)c(OC(F)F)c1OC. The van der Waals surface area contributed by atoms with Crippen LogP contribution in [0.25, 0.3) is 0 Å². The zero-order chi connectivity index (χ0) is 14.4. The monoisotopic (exact) mass is 271 g/mol. The van der Waals surface area contributed by atoms with Crippen molar-refractivity contribution in [1.82, 2.24) is 0 Å². The predicted octanol–water partition coefficient (Wildman–Crippen LogP) is 1.88. The van der Waals surface area contributed by atoms with E-state index >= 15 is 0 Å². The van der Waals surface area contributed by atoms with Crippen LogP contribution < -0.4 is 9.47 Å². The second kappa shape index (κ2) is 6.54. The van der Waals surface area contributed by atoms with Gasteiger partial charge in [-0.1, -0.05) is 6.07 Å². The summed E-state index contributed by atoms with van der Waals surface area (Å²) in [6.07, 6.45) is -0.176. The molecule has 0 aliphatic heterocycles. The van der Waals surface area contributed by atoms with E-state index in [4.69, 9.17) is 10.00 Å². The maximum Gasteiger partial charge on any atom is 0.387 e. The van der Waals surface area contributed by atoms with Crippen molar-refractivity contribution in [2.45, 2.75) is 13.0 Å². The molecule has 0 bridgehead atoms. The molecule has 0 atom stereocenters. The number of carbonyl (C=O) groups is 1. The molecule has 19 heavy (non-hydrogen) atoms. The number of esters is 1. The van der Waals surface area contributed by atoms with Crippen LogP contribution in [0.4, 0.5) is 8.78 Å². The Kier molecular flexibility index (Phi) is 5.06. The molecular weight excluding hydrogens is 260 g/mol. The van der Waals surface area contributed by atoms with Gasteiger partial charge in [-0.3, -0.25) is 4.79 Å². The maximum absolute atomic E-state index is 12.3. The number of hydrogen-bond acceptors (Lipinski definition) is 5. The average molecular weight is 271 g/mol. The number of hydrogen-bond donors (Lipinski definition) is 0. The number of carbonyl (C=O) groups excluding carboxylic acids is 1.